The highest BCUT2D eigenvalue weighted by atomic mass is 15.0. The number of nitrogens with zero attached hydrogens (tertiary/aromatic N) is 3. The lowest BCUT2D eigenvalue weighted by Crippen LogP contribution is -2.21. The first kappa shape index (κ1) is 11.3. The van der Waals surface area contributed by atoms with E-state index < -0.39 is 0 Å². The van der Waals surface area contributed by atoms with Crippen LogP contribution in [0.5, 0.6) is 0 Å². The molecule has 3 rings (SSSR count). The Morgan fingerprint density at radius 3 is 3.00 bits per heavy atom. The van der Waals surface area contributed by atoms with E-state index in [2.05, 4.69) is 21.9 Å². The van der Waals surface area contributed by atoms with Crippen molar-refractivity contribution in [1.82, 2.24) is 15.0 Å². The summed E-state index contributed by atoms with van der Waals surface area (Å²) in [7, 11) is 0. The second-order valence-electron chi connectivity index (χ2n) is 4.77. The van der Waals surface area contributed by atoms with Crippen LogP contribution in [-0.4, -0.2) is 15.0 Å². The third-order valence-corrected chi connectivity index (χ3v) is 3.64. The Kier molecular flexibility index (Phi) is 2.63. The number of rotatable bonds is 1. The maximum absolute atomic E-state index is 6.24. The summed E-state index contributed by atoms with van der Waals surface area (Å²) in [5.41, 5.74) is 16.1. The quantitative estimate of drug-likeness (QED) is 0.792. The zero-order valence-electron chi connectivity index (χ0n) is 10.5. The van der Waals surface area contributed by atoms with Crippen LogP contribution in [0, 0.1) is 0 Å². The van der Waals surface area contributed by atoms with E-state index in [0.717, 1.165) is 36.8 Å². The van der Waals surface area contributed by atoms with Gasteiger partial charge in [-0.2, -0.15) is 4.98 Å². The number of anilines is 1. The lowest BCUT2D eigenvalue weighted by Gasteiger charge is -2.25. The van der Waals surface area contributed by atoms with Crippen molar-refractivity contribution in [3.63, 3.8) is 0 Å². The number of aromatic nitrogens is 3. The van der Waals surface area contributed by atoms with Crippen LogP contribution in [-0.2, 0) is 12.8 Å². The molecule has 0 amide bonds. The molecule has 18 heavy (non-hydrogen) atoms. The molecule has 5 heteroatoms. The molecule has 1 unspecified atom stereocenters. The van der Waals surface area contributed by atoms with Gasteiger partial charge in [0, 0.05) is 23.3 Å². The van der Waals surface area contributed by atoms with Crippen molar-refractivity contribution in [3.05, 3.63) is 23.0 Å². The summed E-state index contributed by atoms with van der Waals surface area (Å²) >= 11 is 0. The van der Waals surface area contributed by atoms with Gasteiger partial charge in [-0.25, -0.2) is 9.97 Å². The molecule has 0 aliphatic heterocycles. The first-order valence-corrected chi connectivity index (χ1v) is 6.40. The summed E-state index contributed by atoms with van der Waals surface area (Å²) < 4.78 is 0. The van der Waals surface area contributed by atoms with E-state index in [4.69, 9.17) is 11.5 Å². The SMILES string of the molecule is CCc1nc2nc(N)ncc2c2c1C(N)CCC2. The van der Waals surface area contributed by atoms with Crippen molar-refractivity contribution in [1.29, 1.82) is 0 Å². The van der Waals surface area contributed by atoms with E-state index in [-0.39, 0.29) is 12.0 Å². The fraction of sp³-hybridized carbons (Fsp3) is 0.462. The molecule has 4 N–H and O–H groups in total. The number of fused-ring (bicyclic) bond motifs is 3. The molecule has 0 saturated carbocycles. The molecule has 1 aliphatic carbocycles. The Balaban J connectivity index is 2.36. The monoisotopic (exact) mass is 243 g/mol. The van der Waals surface area contributed by atoms with Crippen molar-refractivity contribution in [2.24, 2.45) is 5.73 Å². The largest absolute Gasteiger partial charge is 0.368 e. The molecule has 0 bridgehead atoms. The number of aryl methyl sites for hydroxylation is 2. The van der Waals surface area contributed by atoms with Gasteiger partial charge in [0.05, 0.1) is 0 Å². The van der Waals surface area contributed by atoms with E-state index in [1.165, 1.54) is 11.1 Å². The first-order chi connectivity index (χ1) is 8.70. The minimum atomic E-state index is 0.0955. The van der Waals surface area contributed by atoms with Crippen LogP contribution in [0.4, 0.5) is 5.95 Å². The van der Waals surface area contributed by atoms with Gasteiger partial charge in [0.2, 0.25) is 5.95 Å². The predicted octanol–water partition coefficient (Wildman–Crippen LogP) is 1.51. The average Bonchev–Trinajstić information content (AvgIpc) is 2.37. The van der Waals surface area contributed by atoms with Gasteiger partial charge in [-0.15, -0.1) is 0 Å². The van der Waals surface area contributed by atoms with Gasteiger partial charge in [0.15, 0.2) is 5.65 Å². The molecule has 0 radical (unpaired) electrons. The molecule has 0 aromatic carbocycles. The molecule has 0 saturated heterocycles. The Morgan fingerprint density at radius 2 is 2.22 bits per heavy atom. The van der Waals surface area contributed by atoms with Crippen LogP contribution < -0.4 is 11.5 Å². The Hall–Kier alpha value is -1.75. The van der Waals surface area contributed by atoms with Crippen molar-refractivity contribution in [2.75, 3.05) is 5.73 Å². The van der Waals surface area contributed by atoms with Crippen molar-refractivity contribution < 1.29 is 0 Å². The number of pyridine rings is 1. The average molecular weight is 243 g/mol. The Labute approximate surface area is 106 Å². The van der Waals surface area contributed by atoms with Gasteiger partial charge in [0.1, 0.15) is 0 Å². The van der Waals surface area contributed by atoms with Gasteiger partial charge >= 0.3 is 0 Å². The molecular formula is C13H17N5. The third-order valence-electron chi connectivity index (χ3n) is 3.64. The summed E-state index contributed by atoms with van der Waals surface area (Å²) in [4.78, 5) is 12.9. The minimum Gasteiger partial charge on any atom is -0.368 e. The van der Waals surface area contributed by atoms with Crippen molar-refractivity contribution in [3.8, 4) is 0 Å². The van der Waals surface area contributed by atoms with Gasteiger partial charge in [-0.1, -0.05) is 6.92 Å². The summed E-state index contributed by atoms with van der Waals surface area (Å²) in [5.74, 6) is 0.275. The zero-order valence-corrected chi connectivity index (χ0v) is 10.5. The maximum Gasteiger partial charge on any atom is 0.222 e. The standard InChI is InChI=1S/C13H17N5/c1-2-10-11-7(4-3-5-9(11)14)8-6-16-13(15)18-12(8)17-10/h6,9H,2-5,14H2,1H3,(H2,15,16,17,18). The second kappa shape index (κ2) is 4.17. The lowest BCUT2D eigenvalue weighted by atomic mass is 9.85. The zero-order chi connectivity index (χ0) is 12.7. The van der Waals surface area contributed by atoms with Crippen molar-refractivity contribution in [2.45, 2.75) is 38.6 Å². The molecule has 1 atom stereocenters. The normalized spacial score (nSPS) is 18.9. The van der Waals surface area contributed by atoms with E-state index >= 15 is 0 Å². The summed E-state index contributed by atoms with van der Waals surface area (Å²) in [6.07, 6.45) is 5.82. The van der Waals surface area contributed by atoms with E-state index in [0.29, 0.717) is 5.65 Å². The van der Waals surface area contributed by atoms with Gasteiger partial charge < -0.3 is 11.5 Å². The predicted molar refractivity (Wildman–Crippen MR) is 71.0 cm³/mol. The third kappa shape index (κ3) is 1.62. The highest BCUT2D eigenvalue weighted by molar-refractivity contribution is 5.81. The Morgan fingerprint density at radius 1 is 1.39 bits per heavy atom. The first-order valence-electron chi connectivity index (χ1n) is 6.40. The van der Waals surface area contributed by atoms with Gasteiger partial charge in [-0.05, 0) is 36.8 Å². The molecule has 5 nitrogen and oxygen atoms in total. The van der Waals surface area contributed by atoms with E-state index in [1.807, 2.05) is 0 Å². The molecule has 94 valence electrons. The molecule has 1 aliphatic rings. The van der Waals surface area contributed by atoms with Crippen molar-refractivity contribution >= 4 is 17.0 Å². The highest BCUT2D eigenvalue weighted by Gasteiger charge is 2.23. The number of nitrogens with two attached hydrogens (primary N) is 2. The number of hydrogen-bond acceptors (Lipinski definition) is 5. The number of hydrogen-bond donors (Lipinski definition) is 2. The summed E-state index contributed by atoms with van der Waals surface area (Å²) in [5, 5.41) is 1.01. The van der Waals surface area contributed by atoms with Crippen LogP contribution in [0.2, 0.25) is 0 Å². The molecular weight excluding hydrogens is 226 g/mol. The smallest absolute Gasteiger partial charge is 0.222 e. The van der Waals surface area contributed by atoms with Crippen LogP contribution in [0.15, 0.2) is 6.20 Å². The number of nitrogen functional groups attached to an aromatic ring is 1. The maximum atomic E-state index is 6.24. The van der Waals surface area contributed by atoms with E-state index in [9.17, 15) is 0 Å². The lowest BCUT2D eigenvalue weighted by molar-refractivity contribution is 0.564. The van der Waals surface area contributed by atoms with Gasteiger partial charge in [-0.3, -0.25) is 0 Å². The second-order valence-corrected chi connectivity index (χ2v) is 4.77. The molecule has 0 fully saturated rings. The van der Waals surface area contributed by atoms with Crippen LogP contribution in [0.1, 0.15) is 42.6 Å². The molecule has 2 heterocycles. The fourth-order valence-corrected chi connectivity index (χ4v) is 2.81. The van der Waals surface area contributed by atoms with Crippen LogP contribution in [0.3, 0.4) is 0 Å². The minimum absolute atomic E-state index is 0.0955. The molecule has 0 spiro atoms. The summed E-state index contributed by atoms with van der Waals surface area (Å²) in [6.45, 7) is 2.10. The highest BCUT2D eigenvalue weighted by Crippen LogP contribution is 2.34. The van der Waals surface area contributed by atoms with Crippen LogP contribution in [0.25, 0.3) is 11.0 Å². The molecule has 2 aromatic rings. The summed E-state index contributed by atoms with van der Waals surface area (Å²) in [6, 6.07) is 0.0955. The van der Waals surface area contributed by atoms with Gasteiger partial charge in [0.25, 0.3) is 0 Å². The topological polar surface area (TPSA) is 90.7 Å². The van der Waals surface area contributed by atoms with Crippen LogP contribution >= 0.6 is 0 Å². The Bertz CT molecular complexity index is 608. The molecule has 2 aromatic heterocycles. The van der Waals surface area contributed by atoms with E-state index in [1.54, 1.807) is 6.20 Å². The fourth-order valence-electron chi connectivity index (χ4n) is 2.81.